The molecule has 5 rings (SSSR count). The van der Waals surface area contributed by atoms with Gasteiger partial charge in [0.05, 0.1) is 0 Å². The van der Waals surface area contributed by atoms with Gasteiger partial charge in [-0.25, -0.2) is 4.39 Å². The Morgan fingerprint density at radius 2 is 2.00 bits per heavy atom. The van der Waals surface area contributed by atoms with Gasteiger partial charge < -0.3 is 4.90 Å². The Hall–Kier alpha value is -3.39. The number of aromatic nitrogens is 5. The second-order valence-electron chi connectivity index (χ2n) is 7.33. The summed E-state index contributed by atoms with van der Waals surface area (Å²) < 4.78 is 15.3. The van der Waals surface area contributed by atoms with Gasteiger partial charge in [0.1, 0.15) is 11.6 Å². The van der Waals surface area contributed by atoms with Crippen molar-refractivity contribution in [3.05, 3.63) is 72.3 Å². The molecule has 4 aromatic rings. The van der Waals surface area contributed by atoms with E-state index >= 15 is 0 Å². The Kier molecular flexibility index (Phi) is 4.40. The molecule has 1 aliphatic heterocycles. The van der Waals surface area contributed by atoms with Crippen molar-refractivity contribution in [3.8, 4) is 11.4 Å². The highest BCUT2D eigenvalue weighted by molar-refractivity contribution is 5.60. The van der Waals surface area contributed by atoms with E-state index in [1.165, 1.54) is 17.7 Å². The van der Waals surface area contributed by atoms with Crippen molar-refractivity contribution >= 4 is 11.5 Å². The second kappa shape index (κ2) is 7.21. The average molecular weight is 389 g/mol. The highest BCUT2D eigenvalue weighted by atomic mass is 19.1. The molecule has 3 aromatic heterocycles. The molecule has 0 spiro atoms. The normalized spacial score (nSPS) is 14.5. The van der Waals surface area contributed by atoms with E-state index in [0.717, 1.165) is 25.5 Å². The summed E-state index contributed by atoms with van der Waals surface area (Å²) in [5.74, 6) is 1.09. The molecular formula is C21H20FN7. The van der Waals surface area contributed by atoms with Gasteiger partial charge in [-0.15, -0.1) is 15.3 Å². The molecule has 0 amide bonds. The molecule has 1 aliphatic rings. The molecule has 0 aliphatic carbocycles. The molecule has 0 unspecified atom stereocenters. The SMILES string of the molecule is CN(Cc1cccnc1)C1CN(c2ccc3nnc(-c4cccc(F)c4)n3n2)C1. The lowest BCUT2D eigenvalue weighted by atomic mass is 10.1. The highest BCUT2D eigenvalue weighted by Gasteiger charge is 2.31. The molecule has 29 heavy (non-hydrogen) atoms. The Morgan fingerprint density at radius 3 is 2.79 bits per heavy atom. The molecule has 1 saturated heterocycles. The van der Waals surface area contributed by atoms with Crippen molar-refractivity contribution in [1.29, 1.82) is 0 Å². The van der Waals surface area contributed by atoms with Crippen molar-refractivity contribution in [2.24, 2.45) is 0 Å². The zero-order chi connectivity index (χ0) is 19.8. The third kappa shape index (κ3) is 3.42. The van der Waals surface area contributed by atoms with Crippen LogP contribution in [0.5, 0.6) is 0 Å². The van der Waals surface area contributed by atoms with Gasteiger partial charge >= 0.3 is 0 Å². The molecular weight excluding hydrogens is 369 g/mol. The predicted molar refractivity (Wildman–Crippen MR) is 108 cm³/mol. The number of rotatable bonds is 5. The maximum absolute atomic E-state index is 13.6. The Balaban J connectivity index is 1.32. The molecule has 8 heteroatoms. The quantitative estimate of drug-likeness (QED) is 0.523. The molecule has 0 bridgehead atoms. The van der Waals surface area contributed by atoms with Gasteiger partial charge in [0.15, 0.2) is 11.5 Å². The predicted octanol–water partition coefficient (Wildman–Crippen LogP) is 2.65. The minimum Gasteiger partial charge on any atom is -0.352 e. The lowest BCUT2D eigenvalue weighted by molar-refractivity contribution is 0.196. The van der Waals surface area contributed by atoms with Gasteiger partial charge in [-0.2, -0.15) is 4.52 Å². The summed E-state index contributed by atoms with van der Waals surface area (Å²) in [6.07, 6.45) is 3.70. The van der Waals surface area contributed by atoms with Gasteiger partial charge in [-0.1, -0.05) is 18.2 Å². The first kappa shape index (κ1) is 17.7. The summed E-state index contributed by atoms with van der Waals surface area (Å²) in [6, 6.07) is 14.7. The Bertz CT molecular complexity index is 1140. The maximum Gasteiger partial charge on any atom is 0.185 e. The van der Waals surface area contributed by atoms with Crippen molar-refractivity contribution in [2.45, 2.75) is 12.6 Å². The summed E-state index contributed by atoms with van der Waals surface area (Å²) in [5.41, 5.74) is 2.50. The standard InChI is InChI=1S/C21H20FN7/c1-27(12-15-4-3-9-23-11-15)18-13-28(14-18)20-8-7-19-24-25-21(29(19)26-20)16-5-2-6-17(22)10-16/h2-11,18H,12-14H2,1H3. The summed E-state index contributed by atoms with van der Waals surface area (Å²) >= 11 is 0. The first-order valence-corrected chi connectivity index (χ1v) is 9.50. The Labute approximate surface area is 167 Å². The van der Waals surface area contributed by atoms with Crippen LogP contribution in [0.2, 0.25) is 0 Å². The van der Waals surface area contributed by atoms with Crippen LogP contribution < -0.4 is 4.90 Å². The molecule has 1 aromatic carbocycles. The molecule has 0 radical (unpaired) electrons. The molecule has 7 nitrogen and oxygen atoms in total. The fraction of sp³-hybridized carbons (Fsp3) is 0.238. The van der Waals surface area contributed by atoms with E-state index in [0.29, 0.717) is 23.1 Å². The number of benzene rings is 1. The topological polar surface area (TPSA) is 62.5 Å². The number of pyridine rings is 1. The molecule has 1 fully saturated rings. The van der Waals surface area contributed by atoms with Gasteiger partial charge in [0.25, 0.3) is 0 Å². The van der Waals surface area contributed by atoms with E-state index in [9.17, 15) is 4.39 Å². The maximum atomic E-state index is 13.6. The molecule has 0 saturated carbocycles. The Morgan fingerprint density at radius 1 is 1.10 bits per heavy atom. The fourth-order valence-electron chi connectivity index (χ4n) is 3.59. The molecule has 0 atom stereocenters. The third-order valence-electron chi connectivity index (χ3n) is 5.30. The van der Waals surface area contributed by atoms with Gasteiger partial charge in [-0.3, -0.25) is 9.88 Å². The van der Waals surface area contributed by atoms with Crippen LogP contribution in [0.25, 0.3) is 17.0 Å². The summed E-state index contributed by atoms with van der Waals surface area (Å²) in [4.78, 5) is 8.74. The van der Waals surface area contributed by atoms with Crippen LogP contribution in [0.4, 0.5) is 10.2 Å². The van der Waals surface area contributed by atoms with Crippen LogP contribution in [0.15, 0.2) is 60.9 Å². The van der Waals surface area contributed by atoms with Crippen LogP contribution in [-0.4, -0.2) is 55.9 Å². The number of anilines is 1. The largest absolute Gasteiger partial charge is 0.352 e. The van der Waals surface area contributed by atoms with Crippen LogP contribution in [0.3, 0.4) is 0 Å². The zero-order valence-corrected chi connectivity index (χ0v) is 16.0. The van der Waals surface area contributed by atoms with E-state index in [-0.39, 0.29) is 5.82 Å². The number of halogens is 1. The van der Waals surface area contributed by atoms with Crippen molar-refractivity contribution in [3.63, 3.8) is 0 Å². The van der Waals surface area contributed by atoms with E-state index in [2.05, 4.69) is 38.1 Å². The smallest absolute Gasteiger partial charge is 0.185 e. The minimum absolute atomic E-state index is 0.308. The molecule has 146 valence electrons. The lowest BCUT2D eigenvalue weighted by Gasteiger charge is -2.44. The summed E-state index contributed by atoms with van der Waals surface area (Å²) in [5, 5.41) is 13.1. The van der Waals surface area contributed by atoms with Crippen LogP contribution in [-0.2, 0) is 6.54 Å². The van der Waals surface area contributed by atoms with Crippen LogP contribution >= 0.6 is 0 Å². The number of fused-ring (bicyclic) bond motifs is 1. The molecule has 4 heterocycles. The average Bonchev–Trinajstić information content (AvgIpc) is 3.11. The first-order valence-electron chi connectivity index (χ1n) is 9.50. The van der Waals surface area contributed by atoms with Crippen molar-refractivity contribution in [2.75, 3.05) is 25.0 Å². The van der Waals surface area contributed by atoms with Gasteiger partial charge in [0.2, 0.25) is 0 Å². The second-order valence-corrected chi connectivity index (χ2v) is 7.33. The number of hydrogen-bond donors (Lipinski definition) is 0. The third-order valence-corrected chi connectivity index (χ3v) is 5.30. The van der Waals surface area contributed by atoms with E-state index in [4.69, 9.17) is 5.10 Å². The highest BCUT2D eigenvalue weighted by Crippen LogP contribution is 2.24. The van der Waals surface area contributed by atoms with Gasteiger partial charge in [-0.05, 0) is 42.9 Å². The zero-order valence-electron chi connectivity index (χ0n) is 16.0. The van der Waals surface area contributed by atoms with Crippen molar-refractivity contribution in [1.82, 2.24) is 29.7 Å². The van der Waals surface area contributed by atoms with E-state index in [1.54, 1.807) is 22.8 Å². The number of likely N-dealkylation sites (N-methyl/N-ethyl adjacent to an activating group) is 1. The van der Waals surface area contributed by atoms with Crippen LogP contribution in [0, 0.1) is 5.82 Å². The summed E-state index contributed by atoms with van der Waals surface area (Å²) in [6.45, 7) is 2.66. The van der Waals surface area contributed by atoms with Crippen LogP contribution in [0.1, 0.15) is 5.56 Å². The van der Waals surface area contributed by atoms with E-state index in [1.807, 2.05) is 24.4 Å². The first-order chi connectivity index (χ1) is 14.2. The lowest BCUT2D eigenvalue weighted by Crippen LogP contribution is -2.58. The summed E-state index contributed by atoms with van der Waals surface area (Å²) in [7, 11) is 2.13. The van der Waals surface area contributed by atoms with E-state index < -0.39 is 0 Å². The molecule has 0 N–H and O–H groups in total. The fourth-order valence-corrected chi connectivity index (χ4v) is 3.59. The number of nitrogens with zero attached hydrogens (tertiary/aromatic N) is 7. The van der Waals surface area contributed by atoms with Gasteiger partial charge in [0, 0.05) is 43.6 Å². The van der Waals surface area contributed by atoms with Crippen molar-refractivity contribution < 1.29 is 4.39 Å². The minimum atomic E-state index is -0.308. The monoisotopic (exact) mass is 389 g/mol. The number of hydrogen-bond acceptors (Lipinski definition) is 6.